The van der Waals surface area contributed by atoms with E-state index in [9.17, 15) is 4.79 Å². The van der Waals surface area contributed by atoms with Gasteiger partial charge >= 0.3 is 0 Å². The van der Waals surface area contributed by atoms with Crippen molar-refractivity contribution in [1.29, 1.82) is 0 Å². The van der Waals surface area contributed by atoms with Crippen molar-refractivity contribution in [3.8, 4) is 11.3 Å². The van der Waals surface area contributed by atoms with E-state index in [2.05, 4.69) is 35.9 Å². The highest BCUT2D eigenvalue weighted by Crippen LogP contribution is 2.33. The van der Waals surface area contributed by atoms with Crippen LogP contribution in [0.25, 0.3) is 11.3 Å². The van der Waals surface area contributed by atoms with Crippen LogP contribution in [-0.2, 0) is 6.54 Å². The Balaban J connectivity index is 1.69. The molecule has 7 heteroatoms. The van der Waals surface area contributed by atoms with Gasteiger partial charge in [-0.25, -0.2) is 0 Å². The van der Waals surface area contributed by atoms with Gasteiger partial charge in [-0.3, -0.25) is 4.79 Å². The Morgan fingerprint density at radius 3 is 2.50 bits per heavy atom. The van der Waals surface area contributed by atoms with Crippen LogP contribution in [0.5, 0.6) is 0 Å². The Kier molecular flexibility index (Phi) is 6.95. The molecule has 0 unspecified atom stereocenters. The Bertz CT molecular complexity index is 990. The highest BCUT2D eigenvalue weighted by Gasteiger charge is 2.28. The van der Waals surface area contributed by atoms with Gasteiger partial charge in [-0.2, -0.15) is 0 Å². The summed E-state index contributed by atoms with van der Waals surface area (Å²) in [6, 6.07) is 13.5. The van der Waals surface area contributed by atoms with Crippen molar-refractivity contribution in [1.82, 2.24) is 15.0 Å². The third-order valence-electron chi connectivity index (χ3n) is 5.95. The number of aromatic nitrogens is 1. The smallest absolute Gasteiger partial charge is 0.289 e. The first-order valence-corrected chi connectivity index (χ1v) is 11.3. The molecule has 1 fully saturated rings. The number of piperazine rings is 1. The quantitative estimate of drug-likeness (QED) is 0.522. The summed E-state index contributed by atoms with van der Waals surface area (Å²) in [4.78, 5) is 19.7. The summed E-state index contributed by atoms with van der Waals surface area (Å²) in [6.07, 6.45) is 2.45. The fourth-order valence-electron chi connectivity index (χ4n) is 3.94. The molecule has 0 bridgehead atoms. The monoisotopic (exact) mass is 436 g/mol. The van der Waals surface area contributed by atoms with Crippen molar-refractivity contribution in [2.45, 2.75) is 26.8 Å². The summed E-state index contributed by atoms with van der Waals surface area (Å²) in [7, 11) is 2.13. The fourth-order valence-corrected chi connectivity index (χ4v) is 3.94. The molecule has 1 aromatic carbocycles. The van der Waals surface area contributed by atoms with Crippen LogP contribution in [0, 0.1) is 5.92 Å². The van der Waals surface area contributed by atoms with Crippen LogP contribution in [0.4, 0.5) is 5.88 Å². The molecular formula is C25H32N4O3. The van der Waals surface area contributed by atoms with Crippen LogP contribution in [0.3, 0.4) is 0 Å². The number of nitrogens with zero attached hydrogens (tertiary/aromatic N) is 4. The Hall–Kier alpha value is -3.06. The number of likely N-dealkylation sites (N-methyl/N-ethyl adjacent to an activating group) is 1. The van der Waals surface area contributed by atoms with Gasteiger partial charge in [0.2, 0.25) is 5.88 Å². The summed E-state index contributed by atoms with van der Waals surface area (Å²) >= 11 is 0. The predicted octanol–water partition coefficient (Wildman–Crippen LogP) is 4.37. The zero-order valence-electron chi connectivity index (χ0n) is 19.2. The zero-order valence-corrected chi connectivity index (χ0v) is 19.2. The number of furan rings is 1. The summed E-state index contributed by atoms with van der Waals surface area (Å²) in [5.41, 5.74) is 2.73. The molecule has 4 rings (SSSR count). The third-order valence-corrected chi connectivity index (χ3v) is 5.95. The molecule has 0 aliphatic carbocycles. The first-order valence-electron chi connectivity index (χ1n) is 11.3. The number of hydrogen-bond donors (Lipinski definition) is 0. The van der Waals surface area contributed by atoms with E-state index in [1.165, 1.54) is 0 Å². The van der Waals surface area contributed by atoms with Crippen LogP contribution in [0.15, 0.2) is 57.7 Å². The van der Waals surface area contributed by atoms with Crippen molar-refractivity contribution in [3.63, 3.8) is 0 Å². The molecular weight excluding hydrogens is 404 g/mol. The molecule has 1 aliphatic heterocycles. The van der Waals surface area contributed by atoms with E-state index in [0.29, 0.717) is 24.8 Å². The van der Waals surface area contributed by atoms with Crippen LogP contribution in [0.2, 0.25) is 0 Å². The van der Waals surface area contributed by atoms with Gasteiger partial charge in [-0.05, 0) is 31.5 Å². The van der Waals surface area contributed by atoms with Crippen LogP contribution in [0.1, 0.15) is 36.4 Å². The van der Waals surface area contributed by atoms with Crippen LogP contribution >= 0.6 is 0 Å². The van der Waals surface area contributed by atoms with E-state index in [1.54, 1.807) is 18.4 Å². The van der Waals surface area contributed by atoms with E-state index in [4.69, 9.17) is 8.94 Å². The van der Waals surface area contributed by atoms with E-state index in [1.807, 2.05) is 35.2 Å². The van der Waals surface area contributed by atoms with E-state index in [0.717, 1.165) is 55.3 Å². The maximum atomic E-state index is 13.3. The maximum Gasteiger partial charge on any atom is 0.289 e. The minimum atomic E-state index is -0.111. The molecule has 0 atom stereocenters. The lowest BCUT2D eigenvalue weighted by Crippen LogP contribution is -2.45. The van der Waals surface area contributed by atoms with Gasteiger partial charge in [-0.1, -0.05) is 49.3 Å². The zero-order chi connectivity index (χ0) is 22.5. The first-order chi connectivity index (χ1) is 15.5. The Labute approximate surface area is 189 Å². The molecule has 1 saturated heterocycles. The maximum absolute atomic E-state index is 13.3. The second-order valence-corrected chi connectivity index (χ2v) is 8.86. The first kappa shape index (κ1) is 22.1. The average molecular weight is 437 g/mol. The second kappa shape index (κ2) is 10.0. The molecule has 0 spiro atoms. The van der Waals surface area contributed by atoms with Crippen molar-refractivity contribution < 1.29 is 13.7 Å². The standard InChI is InChI=1S/C25H32N4O3/c1-19(2)11-12-29(24(30)22-10-7-17-31-22)18-21-23(20-8-5-4-6-9-20)26-32-25(21)28-15-13-27(3)14-16-28/h4-10,17,19H,11-16,18H2,1-3H3. The fraction of sp³-hybridized carbons (Fsp3) is 0.440. The largest absolute Gasteiger partial charge is 0.459 e. The summed E-state index contributed by atoms with van der Waals surface area (Å²) in [5.74, 6) is 1.49. The van der Waals surface area contributed by atoms with Gasteiger partial charge in [0, 0.05) is 38.3 Å². The van der Waals surface area contributed by atoms with Crippen molar-refractivity contribution in [3.05, 3.63) is 60.1 Å². The molecule has 32 heavy (non-hydrogen) atoms. The number of carbonyl (C=O) groups excluding carboxylic acids is 1. The number of anilines is 1. The molecule has 7 nitrogen and oxygen atoms in total. The van der Waals surface area contributed by atoms with Crippen molar-refractivity contribution >= 4 is 11.8 Å². The van der Waals surface area contributed by atoms with Gasteiger partial charge in [0.05, 0.1) is 18.4 Å². The Morgan fingerprint density at radius 2 is 1.84 bits per heavy atom. The second-order valence-electron chi connectivity index (χ2n) is 8.86. The number of amides is 1. The van der Waals surface area contributed by atoms with E-state index < -0.39 is 0 Å². The highest BCUT2D eigenvalue weighted by molar-refractivity contribution is 5.91. The number of benzene rings is 1. The molecule has 0 N–H and O–H groups in total. The van der Waals surface area contributed by atoms with Crippen LogP contribution < -0.4 is 4.90 Å². The summed E-state index contributed by atoms with van der Waals surface area (Å²) < 4.78 is 11.3. The normalized spacial score (nSPS) is 14.8. The van der Waals surface area contributed by atoms with Crippen molar-refractivity contribution in [2.24, 2.45) is 5.92 Å². The molecule has 2 aromatic heterocycles. The van der Waals surface area contributed by atoms with E-state index >= 15 is 0 Å². The molecule has 0 saturated carbocycles. The third kappa shape index (κ3) is 5.05. The lowest BCUT2D eigenvalue weighted by molar-refractivity contribution is 0.0703. The van der Waals surface area contributed by atoms with Gasteiger partial charge in [-0.15, -0.1) is 0 Å². The summed E-state index contributed by atoms with van der Waals surface area (Å²) in [5, 5.41) is 4.46. The lowest BCUT2D eigenvalue weighted by Gasteiger charge is -2.33. The molecule has 3 aromatic rings. The number of hydrogen-bond acceptors (Lipinski definition) is 6. The highest BCUT2D eigenvalue weighted by atomic mass is 16.5. The molecule has 1 amide bonds. The molecule has 170 valence electrons. The van der Waals surface area contributed by atoms with Gasteiger partial charge in [0.25, 0.3) is 5.91 Å². The molecule has 0 radical (unpaired) electrons. The number of carbonyl (C=O) groups is 1. The van der Waals surface area contributed by atoms with Gasteiger partial charge in [0.1, 0.15) is 5.69 Å². The average Bonchev–Trinajstić information content (AvgIpc) is 3.48. The SMILES string of the molecule is CC(C)CCN(Cc1c(-c2ccccc2)noc1N1CCN(C)CC1)C(=O)c1ccco1. The summed E-state index contributed by atoms with van der Waals surface area (Å²) in [6.45, 7) is 9.04. The number of rotatable bonds is 8. The van der Waals surface area contributed by atoms with Crippen LogP contribution in [-0.4, -0.2) is 60.6 Å². The molecule has 1 aliphatic rings. The topological polar surface area (TPSA) is 66.0 Å². The van der Waals surface area contributed by atoms with Crippen molar-refractivity contribution in [2.75, 3.05) is 44.7 Å². The molecule has 3 heterocycles. The lowest BCUT2D eigenvalue weighted by atomic mass is 10.1. The minimum absolute atomic E-state index is 0.111. The van der Waals surface area contributed by atoms with Gasteiger partial charge < -0.3 is 23.6 Å². The minimum Gasteiger partial charge on any atom is -0.459 e. The van der Waals surface area contributed by atoms with E-state index in [-0.39, 0.29) is 5.91 Å². The predicted molar refractivity (Wildman–Crippen MR) is 125 cm³/mol. The van der Waals surface area contributed by atoms with Gasteiger partial charge in [0.15, 0.2) is 5.76 Å². The Morgan fingerprint density at radius 1 is 1.09 bits per heavy atom.